The summed E-state index contributed by atoms with van der Waals surface area (Å²) in [4.78, 5) is 0. The lowest BCUT2D eigenvalue weighted by Gasteiger charge is -2.13. The highest BCUT2D eigenvalue weighted by atomic mass is 16.3. The van der Waals surface area contributed by atoms with Gasteiger partial charge in [0.25, 0.3) is 0 Å². The average molecular weight is 201 g/mol. The summed E-state index contributed by atoms with van der Waals surface area (Å²) >= 11 is 0. The first-order valence-corrected chi connectivity index (χ1v) is 4.68. The van der Waals surface area contributed by atoms with Crippen LogP contribution >= 0.6 is 0 Å². The summed E-state index contributed by atoms with van der Waals surface area (Å²) < 4.78 is 0. The molecule has 0 aliphatic heterocycles. The molecule has 0 spiro atoms. The van der Waals surface area contributed by atoms with Crippen LogP contribution in [0.5, 0.6) is 5.75 Å². The van der Waals surface area contributed by atoms with Gasteiger partial charge in [-0.05, 0) is 23.3 Å². The van der Waals surface area contributed by atoms with E-state index in [9.17, 15) is 5.11 Å². The van der Waals surface area contributed by atoms with Crippen molar-refractivity contribution < 1.29 is 5.11 Å². The van der Waals surface area contributed by atoms with Crippen molar-refractivity contribution in [3.8, 4) is 5.75 Å². The summed E-state index contributed by atoms with van der Waals surface area (Å²) in [7, 11) is 0. The van der Waals surface area contributed by atoms with Crippen LogP contribution in [0.15, 0.2) is 61.2 Å². The number of allylic oxidation sites excluding steroid dienone is 2. The van der Waals surface area contributed by atoms with Crippen LogP contribution in [-0.2, 0) is 0 Å². The second-order valence-corrected chi connectivity index (χ2v) is 3.18. The fourth-order valence-corrected chi connectivity index (χ4v) is 1.35. The molecule has 15 heavy (non-hydrogen) atoms. The van der Waals surface area contributed by atoms with Gasteiger partial charge in [0, 0.05) is 0 Å². The Balaban J connectivity index is 3.02. The molecule has 0 aliphatic carbocycles. The van der Waals surface area contributed by atoms with E-state index < -0.39 is 0 Å². The highest BCUT2D eigenvalue weighted by Crippen LogP contribution is 2.22. The van der Waals surface area contributed by atoms with Gasteiger partial charge in [-0.2, -0.15) is 0 Å². The molecule has 0 heterocycles. The van der Waals surface area contributed by atoms with Crippen LogP contribution in [0.1, 0.15) is 11.6 Å². The van der Waals surface area contributed by atoms with Crippen molar-refractivity contribution in [3.63, 3.8) is 0 Å². The minimum absolute atomic E-state index is 0.213. The minimum atomic E-state index is -0.285. The quantitative estimate of drug-likeness (QED) is 0.736. The second-order valence-electron chi connectivity index (χ2n) is 3.18. The van der Waals surface area contributed by atoms with E-state index in [2.05, 4.69) is 13.2 Å². The molecule has 2 nitrogen and oxygen atoms in total. The lowest BCUT2D eigenvalue weighted by molar-refractivity contribution is 0.474. The maximum atomic E-state index is 9.33. The van der Waals surface area contributed by atoms with Gasteiger partial charge in [-0.1, -0.05) is 43.5 Å². The van der Waals surface area contributed by atoms with Gasteiger partial charge in [-0.25, -0.2) is 0 Å². The Morgan fingerprint density at radius 1 is 1.40 bits per heavy atom. The molecule has 0 fully saturated rings. The first kappa shape index (κ1) is 11.3. The van der Waals surface area contributed by atoms with Crippen LogP contribution in [0.25, 0.3) is 0 Å². The van der Waals surface area contributed by atoms with Gasteiger partial charge >= 0.3 is 0 Å². The van der Waals surface area contributed by atoms with E-state index >= 15 is 0 Å². The van der Waals surface area contributed by atoms with E-state index in [-0.39, 0.29) is 11.8 Å². The summed E-state index contributed by atoms with van der Waals surface area (Å²) in [6.45, 7) is 7.30. The summed E-state index contributed by atoms with van der Waals surface area (Å²) in [5.41, 5.74) is 7.73. The third kappa shape index (κ3) is 2.82. The van der Waals surface area contributed by atoms with Crippen molar-refractivity contribution in [1.82, 2.24) is 0 Å². The standard InChI is InChI=1S/C13H15NO/c1-3-6-10(4-2)13(14)11-7-5-8-12(15)9-11/h3-9,13,15H,1-2,14H2/b10-6+. The third-order valence-electron chi connectivity index (χ3n) is 2.13. The first-order valence-electron chi connectivity index (χ1n) is 4.68. The van der Waals surface area contributed by atoms with E-state index in [1.165, 1.54) is 0 Å². The fraction of sp³-hybridized carbons (Fsp3) is 0.0769. The van der Waals surface area contributed by atoms with Crippen LogP contribution in [0.2, 0.25) is 0 Å². The molecule has 0 radical (unpaired) electrons. The molecule has 0 amide bonds. The minimum Gasteiger partial charge on any atom is -0.508 e. The molecular weight excluding hydrogens is 186 g/mol. The summed E-state index contributed by atoms with van der Waals surface area (Å²) in [5, 5.41) is 9.33. The molecule has 2 heteroatoms. The van der Waals surface area contributed by atoms with Gasteiger partial charge in [-0.15, -0.1) is 0 Å². The molecule has 1 aromatic rings. The normalized spacial score (nSPS) is 13.3. The predicted octanol–water partition coefficient (Wildman–Crippen LogP) is 2.69. The number of phenolic OH excluding ortho intramolecular Hbond substituents is 1. The summed E-state index contributed by atoms with van der Waals surface area (Å²) in [6.07, 6.45) is 5.16. The van der Waals surface area contributed by atoms with Crippen molar-refractivity contribution >= 4 is 0 Å². The number of hydrogen-bond donors (Lipinski definition) is 2. The molecule has 1 rings (SSSR count). The molecule has 0 aromatic heterocycles. The number of nitrogens with two attached hydrogens (primary N) is 1. The molecule has 78 valence electrons. The monoisotopic (exact) mass is 201 g/mol. The van der Waals surface area contributed by atoms with Crippen LogP contribution in [0, 0.1) is 0 Å². The van der Waals surface area contributed by atoms with Crippen molar-refractivity contribution in [2.45, 2.75) is 6.04 Å². The summed E-state index contributed by atoms with van der Waals surface area (Å²) in [5.74, 6) is 0.213. The Hall–Kier alpha value is -1.80. The zero-order chi connectivity index (χ0) is 11.3. The fourth-order valence-electron chi connectivity index (χ4n) is 1.35. The first-order chi connectivity index (χ1) is 7.19. The van der Waals surface area contributed by atoms with Gasteiger partial charge < -0.3 is 10.8 Å². The third-order valence-corrected chi connectivity index (χ3v) is 2.13. The Kier molecular flexibility index (Phi) is 3.89. The van der Waals surface area contributed by atoms with Crippen LogP contribution in [-0.4, -0.2) is 5.11 Å². The molecule has 1 aromatic carbocycles. The molecule has 0 aliphatic rings. The predicted molar refractivity (Wildman–Crippen MR) is 63.5 cm³/mol. The smallest absolute Gasteiger partial charge is 0.115 e. The largest absolute Gasteiger partial charge is 0.508 e. The second kappa shape index (κ2) is 5.17. The van der Waals surface area contributed by atoms with E-state index in [0.717, 1.165) is 11.1 Å². The van der Waals surface area contributed by atoms with Crippen molar-refractivity contribution in [1.29, 1.82) is 0 Å². The lowest BCUT2D eigenvalue weighted by Crippen LogP contribution is -2.11. The highest BCUT2D eigenvalue weighted by Gasteiger charge is 2.08. The molecule has 1 unspecified atom stereocenters. The number of phenols is 1. The summed E-state index contributed by atoms with van der Waals surface area (Å²) in [6, 6.07) is 6.60. The van der Waals surface area contributed by atoms with Crippen LogP contribution in [0.4, 0.5) is 0 Å². The van der Waals surface area contributed by atoms with Gasteiger partial charge in [0.1, 0.15) is 5.75 Å². The van der Waals surface area contributed by atoms with Gasteiger partial charge in [0.15, 0.2) is 0 Å². The number of benzene rings is 1. The topological polar surface area (TPSA) is 46.2 Å². The average Bonchev–Trinajstić information content (AvgIpc) is 2.25. The van der Waals surface area contributed by atoms with Crippen LogP contribution in [0.3, 0.4) is 0 Å². The Bertz CT molecular complexity index is 393. The molecular formula is C13H15NO. The number of hydrogen-bond acceptors (Lipinski definition) is 2. The Morgan fingerprint density at radius 3 is 2.67 bits per heavy atom. The molecule has 0 saturated carbocycles. The lowest BCUT2D eigenvalue weighted by atomic mass is 9.99. The Morgan fingerprint density at radius 2 is 2.13 bits per heavy atom. The number of aromatic hydroxyl groups is 1. The van der Waals surface area contributed by atoms with Crippen molar-refractivity contribution in [2.75, 3.05) is 0 Å². The van der Waals surface area contributed by atoms with Crippen LogP contribution < -0.4 is 5.73 Å². The molecule has 3 N–H and O–H groups in total. The van der Waals surface area contributed by atoms with E-state index in [1.807, 2.05) is 12.1 Å². The number of rotatable bonds is 4. The zero-order valence-electron chi connectivity index (χ0n) is 8.56. The molecule has 0 saturated heterocycles. The maximum Gasteiger partial charge on any atom is 0.115 e. The maximum absolute atomic E-state index is 9.33. The van der Waals surface area contributed by atoms with Gasteiger partial charge in [0.05, 0.1) is 6.04 Å². The van der Waals surface area contributed by atoms with Crippen molar-refractivity contribution in [3.05, 3.63) is 66.8 Å². The molecule has 1 atom stereocenters. The van der Waals surface area contributed by atoms with Crippen molar-refractivity contribution in [2.24, 2.45) is 5.73 Å². The van der Waals surface area contributed by atoms with E-state index in [0.29, 0.717) is 0 Å². The Labute approximate surface area is 90.1 Å². The zero-order valence-corrected chi connectivity index (χ0v) is 8.56. The van der Waals surface area contributed by atoms with E-state index in [1.54, 1.807) is 30.4 Å². The highest BCUT2D eigenvalue weighted by molar-refractivity contribution is 5.38. The van der Waals surface area contributed by atoms with E-state index in [4.69, 9.17) is 5.73 Å². The van der Waals surface area contributed by atoms with Gasteiger partial charge in [-0.3, -0.25) is 0 Å². The van der Waals surface area contributed by atoms with Gasteiger partial charge in [0.2, 0.25) is 0 Å². The SMILES string of the molecule is C=C/C=C(\C=C)C(N)c1cccc(O)c1. The molecule has 0 bridgehead atoms.